The predicted octanol–water partition coefficient (Wildman–Crippen LogP) is 6.23. The summed E-state index contributed by atoms with van der Waals surface area (Å²) in [6.07, 6.45) is 3.40. The number of hydrogen-bond acceptors (Lipinski definition) is 5. The average molecular weight is 428 g/mol. The highest BCUT2D eigenvalue weighted by atomic mass is 16.5. The second-order valence-corrected chi connectivity index (χ2v) is 7.43. The molecule has 0 aliphatic heterocycles. The molecule has 1 unspecified atom stereocenters. The van der Waals surface area contributed by atoms with Gasteiger partial charge in [-0.2, -0.15) is 0 Å². The summed E-state index contributed by atoms with van der Waals surface area (Å²) in [4.78, 5) is 11.2. The third kappa shape index (κ3) is 8.36. The second-order valence-electron chi connectivity index (χ2n) is 7.43. The van der Waals surface area contributed by atoms with Crippen LogP contribution in [0, 0.1) is 13.8 Å². The summed E-state index contributed by atoms with van der Waals surface area (Å²) in [6, 6.07) is 11.9. The number of methoxy groups -OCH3 is 2. The van der Waals surface area contributed by atoms with Crippen LogP contribution in [-0.4, -0.2) is 26.0 Å². The molecule has 5 heteroatoms. The molecule has 2 rings (SSSR count). The maximum Gasteiger partial charge on any atom is 0.186 e. The second kappa shape index (κ2) is 13.4. The maximum atomic E-state index is 11.2. The van der Waals surface area contributed by atoms with Crippen molar-refractivity contribution in [2.45, 2.75) is 59.9 Å². The van der Waals surface area contributed by atoms with Gasteiger partial charge in [0.2, 0.25) is 0 Å². The molecule has 5 nitrogen and oxygen atoms in total. The zero-order chi connectivity index (χ0) is 23.4. The summed E-state index contributed by atoms with van der Waals surface area (Å²) < 4.78 is 15.9. The third-order valence-corrected chi connectivity index (χ3v) is 4.84. The van der Waals surface area contributed by atoms with E-state index in [2.05, 4.69) is 51.7 Å². The highest BCUT2D eigenvalue weighted by Crippen LogP contribution is 2.28. The van der Waals surface area contributed by atoms with Crippen LogP contribution in [0.1, 0.15) is 61.5 Å². The molecule has 0 saturated heterocycles. The van der Waals surface area contributed by atoms with Crippen molar-refractivity contribution in [1.82, 2.24) is 5.32 Å². The normalized spacial score (nSPS) is 10.9. The van der Waals surface area contributed by atoms with E-state index in [1.807, 2.05) is 6.07 Å². The highest BCUT2D eigenvalue weighted by Gasteiger charge is 2.13. The molecule has 2 aromatic carbocycles. The molecule has 1 N–H and O–H groups in total. The van der Waals surface area contributed by atoms with Crippen LogP contribution in [0.5, 0.6) is 17.2 Å². The van der Waals surface area contributed by atoms with Gasteiger partial charge in [-0.3, -0.25) is 4.79 Å². The van der Waals surface area contributed by atoms with Gasteiger partial charge in [0, 0.05) is 6.04 Å². The first kappa shape index (κ1) is 26.1. The van der Waals surface area contributed by atoms with Crippen molar-refractivity contribution in [1.29, 1.82) is 0 Å². The Kier molecular flexibility index (Phi) is 11.3. The van der Waals surface area contributed by atoms with Crippen molar-refractivity contribution in [3.63, 3.8) is 0 Å². The van der Waals surface area contributed by atoms with E-state index in [0.717, 1.165) is 24.2 Å². The van der Waals surface area contributed by atoms with Crippen LogP contribution in [0.3, 0.4) is 0 Å². The minimum absolute atomic E-state index is 0.0608. The van der Waals surface area contributed by atoms with Gasteiger partial charge in [0.25, 0.3) is 0 Å². The van der Waals surface area contributed by atoms with Crippen molar-refractivity contribution >= 4 is 5.78 Å². The van der Waals surface area contributed by atoms with Gasteiger partial charge in [-0.05, 0) is 64.0 Å². The molecule has 0 aromatic heterocycles. The minimum atomic E-state index is -0.0608. The molecule has 0 heterocycles. The Morgan fingerprint density at radius 2 is 1.65 bits per heavy atom. The van der Waals surface area contributed by atoms with Crippen molar-refractivity contribution in [3.8, 4) is 17.2 Å². The number of nitrogens with one attached hydrogen (secondary N) is 1. The molecule has 170 valence electrons. The van der Waals surface area contributed by atoms with Gasteiger partial charge in [0.05, 0.1) is 14.2 Å². The highest BCUT2D eigenvalue weighted by molar-refractivity contribution is 5.99. The number of Topliss-reactive ketones (excluding diaryl/α,β-unsaturated/α-hetero) is 1. The Morgan fingerprint density at radius 1 is 1.03 bits per heavy atom. The van der Waals surface area contributed by atoms with Crippen LogP contribution in [0.25, 0.3) is 0 Å². The first-order valence-electron chi connectivity index (χ1n) is 10.7. The van der Waals surface area contributed by atoms with Crippen LogP contribution >= 0.6 is 0 Å². The fourth-order valence-electron chi connectivity index (χ4n) is 3.23. The van der Waals surface area contributed by atoms with Gasteiger partial charge >= 0.3 is 0 Å². The Balaban J connectivity index is 0.000000327. The number of aryl methyl sites for hydroxylation is 2. The molecule has 0 amide bonds. The summed E-state index contributed by atoms with van der Waals surface area (Å²) in [5.74, 6) is 2.56. The van der Waals surface area contributed by atoms with Crippen LogP contribution in [0.15, 0.2) is 48.9 Å². The summed E-state index contributed by atoms with van der Waals surface area (Å²) in [5.41, 5.74) is 2.88. The van der Waals surface area contributed by atoms with Crippen LogP contribution in [-0.2, 0) is 0 Å². The van der Waals surface area contributed by atoms with Gasteiger partial charge in [-0.1, -0.05) is 44.0 Å². The third-order valence-electron chi connectivity index (χ3n) is 4.84. The Morgan fingerprint density at radius 3 is 2.10 bits per heavy atom. The summed E-state index contributed by atoms with van der Waals surface area (Å²) in [7, 11) is 3.06. The fraction of sp³-hybridized carbons (Fsp3) is 0.423. The molecule has 0 saturated carbocycles. The number of ether oxygens (including phenoxy) is 3. The quantitative estimate of drug-likeness (QED) is 0.360. The number of benzene rings is 2. The average Bonchev–Trinajstić information content (AvgIpc) is 2.75. The van der Waals surface area contributed by atoms with Crippen LogP contribution in [0.4, 0.5) is 0 Å². The first-order chi connectivity index (χ1) is 14.8. The molecule has 0 aliphatic carbocycles. The van der Waals surface area contributed by atoms with E-state index in [0.29, 0.717) is 29.0 Å². The van der Waals surface area contributed by atoms with Crippen molar-refractivity contribution in [2.75, 3.05) is 14.2 Å². The van der Waals surface area contributed by atoms with Crippen LogP contribution in [0.2, 0.25) is 0 Å². The number of carbonyl (C=O) groups excluding carboxylic acids is 1. The molecular weight excluding hydrogens is 390 g/mol. The lowest BCUT2D eigenvalue weighted by Crippen LogP contribution is -2.29. The Labute approximate surface area is 187 Å². The van der Waals surface area contributed by atoms with Crippen molar-refractivity contribution in [3.05, 3.63) is 65.6 Å². The van der Waals surface area contributed by atoms with Crippen LogP contribution < -0.4 is 19.5 Å². The van der Waals surface area contributed by atoms with E-state index in [9.17, 15) is 4.79 Å². The Hall–Kier alpha value is -2.95. The zero-order valence-electron chi connectivity index (χ0n) is 20.0. The molecule has 0 radical (unpaired) electrons. The Bertz CT molecular complexity index is 838. The SMILES string of the molecule is C=C(NC(CC)CCC)Oc1ccc(C)cc1C.COc1cccc(OC)c1C(C)=O. The first-order valence-corrected chi connectivity index (χ1v) is 10.7. The monoisotopic (exact) mass is 427 g/mol. The molecule has 31 heavy (non-hydrogen) atoms. The molecule has 0 bridgehead atoms. The van der Waals surface area contributed by atoms with E-state index in [4.69, 9.17) is 14.2 Å². The predicted molar refractivity (Wildman–Crippen MR) is 127 cm³/mol. The fourth-order valence-corrected chi connectivity index (χ4v) is 3.23. The van der Waals surface area contributed by atoms with E-state index in [-0.39, 0.29) is 5.78 Å². The maximum absolute atomic E-state index is 11.2. The molecule has 0 aliphatic rings. The molecule has 0 fully saturated rings. The number of hydrogen-bond donors (Lipinski definition) is 1. The van der Waals surface area contributed by atoms with Crippen molar-refractivity contribution in [2.24, 2.45) is 0 Å². The number of ketones is 1. The summed E-state index contributed by atoms with van der Waals surface area (Å²) in [6.45, 7) is 13.9. The van der Waals surface area contributed by atoms with Crippen molar-refractivity contribution < 1.29 is 19.0 Å². The lowest BCUT2D eigenvalue weighted by atomic mass is 10.1. The van der Waals surface area contributed by atoms with Gasteiger partial charge in [0.1, 0.15) is 22.8 Å². The van der Waals surface area contributed by atoms with E-state index in [1.165, 1.54) is 33.1 Å². The summed E-state index contributed by atoms with van der Waals surface area (Å²) >= 11 is 0. The lowest BCUT2D eigenvalue weighted by Gasteiger charge is -2.20. The van der Waals surface area contributed by atoms with Gasteiger partial charge < -0.3 is 19.5 Å². The number of rotatable bonds is 10. The lowest BCUT2D eigenvalue weighted by molar-refractivity contribution is 0.101. The van der Waals surface area contributed by atoms with E-state index >= 15 is 0 Å². The van der Waals surface area contributed by atoms with E-state index < -0.39 is 0 Å². The molecule has 0 spiro atoms. The number of carbonyl (C=O) groups is 1. The topological polar surface area (TPSA) is 56.8 Å². The standard InChI is InChI=1S/C16H25NO.C10H12O3/c1-6-8-15(7-2)17-14(5)18-16-10-9-12(3)11-13(16)4;1-7(11)10-8(12-2)5-4-6-9(10)13-3/h9-11,15,17H,5-8H2,1-4H3;4-6H,1-3H3. The minimum Gasteiger partial charge on any atom is -0.496 e. The van der Waals surface area contributed by atoms with Gasteiger partial charge in [-0.15, -0.1) is 0 Å². The zero-order valence-corrected chi connectivity index (χ0v) is 20.0. The van der Waals surface area contributed by atoms with Gasteiger partial charge in [-0.25, -0.2) is 0 Å². The molecule has 1 atom stereocenters. The smallest absolute Gasteiger partial charge is 0.186 e. The molecular formula is C26H37NO4. The van der Waals surface area contributed by atoms with Gasteiger partial charge in [0.15, 0.2) is 11.7 Å². The van der Waals surface area contributed by atoms with E-state index in [1.54, 1.807) is 18.2 Å². The summed E-state index contributed by atoms with van der Waals surface area (Å²) in [5, 5.41) is 3.34. The molecule has 2 aromatic rings. The largest absolute Gasteiger partial charge is 0.496 e.